The molecule has 0 rings (SSSR count). The lowest BCUT2D eigenvalue weighted by Gasteiger charge is -2.20. The van der Waals surface area contributed by atoms with Gasteiger partial charge in [-0.3, -0.25) is 9.59 Å². The molecule has 0 spiro atoms. The van der Waals surface area contributed by atoms with Gasteiger partial charge in [0.25, 0.3) is 0 Å². The second-order valence-corrected chi connectivity index (χ2v) is 26.7. The highest BCUT2D eigenvalue weighted by Gasteiger charge is 2.18. The number of rotatable bonds is 73. The molecule has 0 aliphatic heterocycles. The van der Waals surface area contributed by atoms with Crippen molar-refractivity contribution in [2.75, 3.05) is 13.2 Å². The molecule has 0 bridgehead atoms. The highest BCUT2D eigenvalue weighted by Crippen LogP contribution is 2.19. The summed E-state index contributed by atoms with van der Waals surface area (Å²) in [4.78, 5) is 24.6. The number of carbonyl (C=O) groups is 2. The Labute approximate surface area is 526 Å². The van der Waals surface area contributed by atoms with Crippen LogP contribution in [0.2, 0.25) is 0 Å². The van der Waals surface area contributed by atoms with Gasteiger partial charge in [-0.15, -0.1) is 0 Å². The maximum atomic E-state index is 12.5. The van der Waals surface area contributed by atoms with E-state index in [9.17, 15) is 19.8 Å². The molecule has 498 valence electrons. The average Bonchev–Trinajstić information content (AvgIpc) is 3.50. The highest BCUT2D eigenvalue weighted by molar-refractivity contribution is 5.76. The van der Waals surface area contributed by atoms with E-state index >= 15 is 0 Å². The molecule has 0 saturated heterocycles. The number of hydrogen-bond donors (Lipinski definition) is 3. The van der Waals surface area contributed by atoms with Gasteiger partial charge < -0.3 is 20.3 Å². The maximum Gasteiger partial charge on any atom is 0.305 e. The first-order chi connectivity index (χ1) is 41.5. The lowest BCUT2D eigenvalue weighted by atomic mass is 10.0. The van der Waals surface area contributed by atoms with Crippen molar-refractivity contribution in [3.05, 3.63) is 24.3 Å². The lowest BCUT2D eigenvalue weighted by Crippen LogP contribution is -2.45. The Morgan fingerprint density at radius 3 is 0.845 bits per heavy atom. The van der Waals surface area contributed by atoms with Crippen molar-refractivity contribution in [2.45, 2.75) is 450 Å². The van der Waals surface area contributed by atoms with Crippen molar-refractivity contribution in [1.82, 2.24) is 5.32 Å². The molecule has 0 fully saturated rings. The van der Waals surface area contributed by atoms with E-state index in [1.165, 1.54) is 372 Å². The standard InChI is InChI=1S/C78H151NO5/c1-3-5-7-9-11-13-15-17-19-21-22-36-39-42-46-50-54-58-62-66-70-76(81)75(74-80)79-77(82)71-67-63-59-55-51-47-43-40-37-34-32-30-28-26-24-23-25-27-29-31-33-35-38-41-45-49-53-57-61-65-69-73-84-78(83)72-68-64-60-56-52-48-44-20-18-16-14-12-10-8-6-4-2/h25,27,66,70,75-76,80-81H,3-24,26,28-65,67-69,71-74H2,1-2H3,(H,79,82)/b27-25-,70-66+. The molecule has 6 nitrogen and oxygen atoms in total. The van der Waals surface area contributed by atoms with Gasteiger partial charge in [-0.2, -0.15) is 0 Å². The van der Waals surface area contributed by atoms with Gasteiger partial charge in [-0.05, 0) is 57.8 Å². The molecule has 0 aromatic carbocycles. The van der Waals surface area contributed by atoms with Crippen LogP contribution in [0.5, 0.6) is 0 Å². The van der Waals surface area contributed by atoms with Gasteiger partial charge in [0.05, 0.1) is 25.4 Å². The smallest absolute Gasteiger partial charge is 0.305 e. The molecule has 0 aromatic rings. The quantitative estimate of drug-likeness (QED) is 0.0320. The lowest BCUT2D eigenvalue weighted by molar-refractivity contribution is -0.143. The number of aliphatic hydroxyl groups excluding tert-OH is 2. The molecule has 2 atom stereocenters. The monoisotopic (exact) mass is 1180 g/mol. The molecule has 0 heterocycles. The Morgan fingerprint density at radius 1 is 0.321 bits per heavy atom. The normalized spacial score (nSPS) is 12.6. The minimum absolute atomic E-state index is 0.0218. The van der Waals surface area contributed by atoms with Crippen molar-refractivity contribution in [2.24, 2.45) is 0 Å². The van der Waals surface area contributed by atoms with Crippen LogP contribution in [0, 0.1) is 0 Å². The molecule has 6 heteroatoms. The number of esters is 1. The van der Waals surface area contributed by atoms with Crippen molar-refractivity contribution in [1.29, 1.82) is 0 Å². The summed E-state index contributed by atoms with van der Waals surface area (Å²) in [5, 5.41) is 23.3. The van der Waals surface area contributed by atoms with E-state index < -0.39 is 12.1 Å². The highest BCUT2D eigenvalue weighted by atomic mass is 16.5. The Hall–Kier alpha value is -1.66. The first kappa shape index (κ1) is 82.3. The molecular weight excluding hydrogens is 1030 g/mol. The molecule has 2 unspecified atom stereocenters. The fourth-order valence-electron chi connectivity index (χ4n) is 12.3. The number of hydrogen-bond acceptors (Lipinski definition) is 5. The number of aliphatic hydroxyl groups is 2. The number of unbranched alkanes of at least 4 members (excludes halogenated alkanes) is 60. The van der Waals surface area contributed by atoms with Crippen LogP contribution in [0.25, 0.3) is 0 Å². The number of carbonyl (C=O) groups excluding carboxylic acids is 2. The summed E-state index contributed by atoms with van der Waals surface area (Å²) in [6.45, 7) is 4.96. The molecular formula is C78H151NO5. The van der Waals surface area contributed by atoms with Crippen LogP contribution in [-0.2, 0) is 14.3 Å². The maximum absolute atomic E-state index is 12.5. The Balaban J connectivity index is 3.37. The third kappa shape index (κ3) is 69.4. The van der Waals surface area contributed by atoms with Crippen LogP contribution < -0.4 is 5.32 Å². The molecule has 0 saturated carbocycles. The van der Waals surface area contributed by atoms with Crippen molar-refractivity contribution < 1.29 is 24.5 Å². The van der Waals surface area contributed by atoms with Gasteiger partial charge in [-0.25, -0.2) is 0 Å². The van der Waals surface area contributed by atoms with Crippen LogP contribution in [0.1, 0.15) is 438 Å². The predicted octanol–water partition coefficient (Wildman–Crippen LogP) is 25.3. The fourth-order valence-corrected chi connectivity index (χ4v) is 12.3. The fraction of sp³-hybridized carbons (Fsp3) is 0.923. The summed E-state index contributed by atoms with van der Waals surface area (Å²) in [6.07, 6.45) is 94.3. The topological polar surface area (TPSA) is 95.9 Å². The van der Waals surface area contributed by atoms with E-state index in [4.69, 9.17) is 4.74 Å². The second kappa shape index (κ2) is 73.8. The molecule has 0 aromatic heterocycles. The zero-order valence-corrected chi connectivity index (χ0v) is 57.2. The minimum Gasteiger partial charge on any atom is -0.466 e. The van der Waals surface area contributed by atoms with E-state index in [1.54, 1.807) is 6.08 Å². The Kier molecular flexibility index (Phi) is 72.3. The predicted molar refractivity (Wildman–Crippen MR) is 370 cm³/mol. The van der Waals surface area contributed by atoms with Gasteiger partial charge >= 0.3 is 5.97 Å². The molecule has 1 amide bonds. The zero-order chi connectivity index (χ0) is 60.6. The largest absolute Gasteiger partial charge is 0.466 e. The number of ether oxygens (including phenoxy) is 1. The number of nitrogens with one attached hydrogen (secondary N) is 1. The first-order valence-corrected chi connectivity index (χ1v) is 38.6. The molecule has 0 aliphatic rings. The van der Waals surface area contributed by atoms with E-state index in [1.807, 2.05) is 6.08 Å². The van der Waals surface area contributed by atoms with Gasteiger partial charge in [0.1, 0.15) is 0 Å². The second-order valence-electron chi connectivity index (χ2n) is 26.7. The average molecular weight is 1180 g/mol. The molecule has 84 heavy (non-hydrogen) atoms. The van der Waals surface area contributed by atoms with Gasteiger partial charge in [0, 0.05) is 12.8 Å². The zero-order valence-electron chi connectivity index (χ0n) is 57.2. The summed E-state index contributed by atoms with van der Waals surface area (Å²) < 4.78 is 5.51. The van der Waals surface area contributed by atoms with Crippen LogP contribution >= 0.6 is 0 Å². The van der Waals surface area contributed by atoms with Gasteiger partial charge in [-0.1, -0.05) is 391 Å². The summed E-state index contributed by atoms with van der Waals surface area (Å²) in [5.41, 5.74) is 0. The van der Waals surface area contributed by atoms with Gasteiger partial charge in [0.2, 0.25) is 5.91 Å². The van der Waals surface area contributed by atoms with Crippen molar-refractivity contribution in [3.63, 3.8) is 0 Å². The molecule has 3 N–H and O–H groups in total. The molecule has 0 aliphatic carbocycles. The third-order valence-electron chi connectivity index (χ3n) is 18.2. The van der Waals surface area contributed by atoms with Crippen LogP contribution in [-0.4, -0.2) is 47.4 Å². The summed E-state index contributed by atoms with van der Waals surface area (Å²) in [7, 11) is 0. The van der Waals surface area contributed by atoms with Crippen LogP contribution in [0.3, 0.4) is 0 Å². The Bertz CT molecular complexity index is 1320. The first-order valence-electron chi connectivity index (χ1n) is 38.6. The van der Waals surface area contributed by atoms with Crippen molar-refractivity contribution in [3.8, 4) is 0 Å². The third-order valence-corrected chi connectivity index (χ3v) is 18.2. The van der Waals surface area contributed by atoms with E-state index in [-0.39, 0.29) is 18.5 Å². The Morgan fingerprint density at radius 2 is 0.560 bits per heavy atom. The summed E-state index contributed by atoms with van der Waals surface area (Å²) in [5.74, 6) is -0.0396. The van der Waals surface area contributed by atoms with E-state index in [2.05, 4.69) is 31.3 Å². The van der Waals surface area contributed by atoms with Gasteiger partial charge in [0.15, 0.2) is 0 Å². The van der Waals surface area contributed by atoms with E-state index in [0.29, 0.717) is 19.4 Å². The minimum atomic E-state index is -0.844. The van der Waals surface area contributed by atoms with Crippen LogP contribution in [0.15, 0.2) is 24.3 Å². The van der Waals surface area contributed by atoms with Crippen LogP contribution in [0.4, 0.5) is 0 Å². The SMILES string of the molecule is CCCCCCCCCCCCCCCCCCCC/C=C/C(O)C(CO)NC(=O)CCCCCCCCCCCCCCCCC/C=C\CCCCCCCCCCCCCCOC(=O)CCCCCCCCCCCCCCCCCC. The number of allylic oxidation sites excluding steroid dienone is 3. The van der Waals surface area contributed by atoms with Crippen molar-refractivity contribution >= 4 is 11.9 Å². The summed E-state index contributed by atoms with van der Waals surface area (Å²) in [6, 6.07) is -0.627. The number of amides is 1. The summed E-state index contributed by atoms with van der Waals surface area (Å²) >= 11 is 0. The van der Waals surface area contributed by atoms with E-state index in [0.717, 1.165) is 38.5 Å². The molecule has 0 radical (unpaired) electrons.